The first-order valence-electron chi connectivity index (χ1n) is 8.77. The van der Waals surface area contributed by atoms with Crippen LogP contribution in [0.5, 0.6) is 11.5 Å². The number of rotatable bonds is 4. The molecule has 1 aliphatic heterocycles. The zero-order valence-corrected chi connectivity index (χ0v) is 15.3. The summed E-state index contributed by atoms with van der Waals surface area (Å²) in [4.78, 5) is 10.9. The highest BCUT2D eigenvalue weighted by atomic mass is 35.5. The highest BCUT2D eigenvalue weighted by molar-refractivity contribution is 6.32. The number of benzene rings is 2. The van der Waals surface area contributed by atoms with Gasteiger partial charge in [-0.15, -0.1) is 0 Å². The van der Waals surface area contributed by atoms with Crippen molar-refractivity contribution in [3.05, 3.63) is 57.6 Å². The molecule has 2 aromatic carbocycles. The van der Waals surface area contributed by atoms with E-state index in [0.29, 0.717) is 42.1 Å². The molecule has 1 heterocycles. The zero-order valence-electron chi connectivity index (χ0n) is 14.6. The van der Waals surface area contributed by atoms with E-state index in [2.05, 4.69) is 0 Å². The first-order valence-corrected chi connectivity index (χ1v) is 9.15. The molecular formula is C20H16ClF3O4. The second-order valence-corrected chi connectivity index (χ2v) is 7.32. The molecule has 1 aliphatic carbocycles. The van der Waals surface area contributed by atoms with Crippen LogP contribution in [0.25, 0.3) is 0 Å². The van der Waals surface area contributed by atoms with Crippen molar-refractivity contribution >= 4 is 17.6 Å². The summed E-state index contributed by atoms with van der Waals surface area (Å²) >= 11 is 6.00. The topological polar surface area (TPSA) is 55.8 Å². The molecule has 2 aliphatic rings. The van der Waals surface area contributed by atoms with Crippen LogP contribution in [0.1, 0.15) is 47.1 Å². The first kappa shape index (κ1) is 18.9. The Labute approximate surface area is 163 Å². The fourth-order valence-corrected chi connectivity index (χ4v) is 4.21. The van der Waals surface area contributed by atoms with Gasteiger partial charge in [0.2, 0.25) is 0 Å². The van der Waals surface area contributed by atoms with Crippen molar-refractivity contribution in [1.29, 1.82) is 0 Å². The summed E-state index contributed by atoms with van der Waals surface area (Å²) in [5, 5.41) is 8.71. The molecule has 0 saturated carbocycles. The molecule has 0 radical (unpaired) electrons. The molecule has 0 aromatic heterocycles. The van der Waals surface area contributed by atoms with Gasteiger partial charge >= 0.3 is 12.1 Å². The number of hydrogen-bond acceptors (Lipinski definition) is 3. The molecule has 2 aromatic rings. The normalized spacial score (nSPS) is 20.4. The molecule has 4 nitrogen and oxygen atoms in total. The summed E-state index contributed by atoms with van der Waals surface area (Å²) in [6.07, 6.45) is -3.97. The number of carboxylic acid groups (broad SMARTS) is 1. The van der Waals surface area contributed by atoms with Crippen LogP contribution in [0.15, 0.2) is 30.3 Å². The molecule has 0 saturated heterocycles. The van der Waals surface area contributed by atoms with E-state index in [1.165, 1.54) is 6.07 Å². The Kier molecular flexibility index (Phi) is 4.65. The minimum Gasteiger partial charge on any atom is -0.492 e. The van der Waals surface area contributed by atoms with Crippen molar-refractivity contribution in [3.63, 3.8) is 0 Å². The standard InChI is InChI=1S/C20H16ClF3O4/c21-19-14-4-6-16(13(14)3-5-15(19)20(22,23)24)28-11-1-2-12-10(7-18(25)26)9-27-17(12)8-11/h1-3,5,8,10,16H,4,6-7,9H2,(H,25,26)/t10-,16-/m1/s1. The van der Waals surface area contributed by atoms with Gasteiger partial charge in [0.25, 0.3) is 0 Å². The van der Waals surface area contributed by atoms with E-state index in [9.17, 15) is 18.0 Å². The van der Waals surface area contributed by atoms with Crippen molar-refractivity contribution in [3.8, 4) is 11.5 Å². The third kappa shape index (κ3) is 3.39. The number of hydrogen-bond donors (Lipinski definition) is 1. The molecule has 8 heteroatoms. The van der Waals surface area contributed by atoms with E-state index < -0.39 is 23.8 Å². The Morgan fingerprint density at radius 3 is 2.71 bits per heavy atom. The van der Waals surface area contributed by atoms with Crippen LogP contribution in [0.4, 0.5) is 13.2 Å². The lowest BCUT2D eigenvalue weighted by atomic mass is 9.98. The summed E-state index contributed by atoms with van der Waals surface area (Å²) in [5.41, 5.74) is 1.12. The van der Waals surface area contributed by atoms with E-state index >= 15 is 0 Å². The van der Waals surface area contributed by atoms with E-state index in [-0.39, 0.29) is 17.4 Å². The lowest BCUT2D eigenvalue weighted by Crippen LogP contribution is -2.08. The Morgan fingerprint density at radius 1 is 1.25 bits per heavy atom. The SMILES string of the molecule is O=C(O)C[C@@H]1COc2cc(O[C@@H]3CCc4c3ccc(C(F)(F)F)c4Cl)ccc21. The van der Waals surface area contributed by atoms with Gasteiger partial charge in [-0.25, -0.2) is 0 Å². The maximum atomic E-state index is 13.0. The van der Waals surface area contributed by atoms with E-state index in [4.69, 9.17) is 26.2 Å². The van der Waals surface area contributed by atoms with Crippen molar-refractivity contribution in [2.75, 3.05) is 6.61 Å². The molecule has 0 bridgehead atoms. The highest BCUT2D eigenvalue weighted by Gasteiger charge is 2.37. The number of aliphatic carboxylic acids is 1. The quantitative estimate of drug-likeness (QED) is 0.733. The second-order valence-electron chi connectivity index (χ2n) is 6.94. The highest BCUT2D eigenvalue weighted by Crippen LogP contribution is 2.45. The van der Waals surface area contributed by atoms with Gasteiger partial charge in [-0.2, -0.15) is 13.2 Å². The molecule has 0 amide bonds. The van der Waals surface area contributed by atoms with Gasteiger partial charge in [0.05, 0.1) is 23.6 Å². The van der Waals surface area contributed by atoms with Crippen LogP contribution in [0.2, 0.25) is 5.02 Å². The number of carbonyl (C=O) groups is 1. The molecule has 2 atom stereocenters. The summed E-state index contributed by atoms with van der Waals surface area (Å²) in [6.45, 7) is 0.299. The minimum atomic E-state index is -4.49. The predicted octanol–water partition coefficient (Wildman–Crippen LogP) is 5.38. The Balaban J connectivity index is 1.55. The molecule has 1 N–H and O–H groups in total. The van der Waals surface area contributed by atoms with Gasteiger partial charge in [0.15, 0.2) is 0 Å². The van der Waals surface area contributed by atoms with Crippen LogP contribution in [0.3, 0.4) is 0 Å². The smallest absolute Gasteiger partial charge is 0.417 e. The summed E-state index contributed by atoms with van der Waals surface area (Å²) < 4.78 is 50.7. The molecule has 0 unspecified atom stereocenters. The Morgan fingerprint density at radius 2 is 2.00 bits per heavy atom. The maximum Gasteiger partial charge on any atom is 0.417 e. The summed E-state index contributed by atoms with van der Waals surface area (Å²) in [7, 11) is 0. The van der Waals surface area contributed by atoms with Gasteiger partial charge in [-0.3, -0.25) is 4.79 Å². The Hall–Kier alpha value is -2.41. The van der Waals surface area contributed by atoms with Crippen molar-refractivity contribution in [2.45, 2.75) is 37.5 Å². The van der Waals surface area contributed by atoms with Crippen molar-refractivity contribution < 1.29 is 32.5 Å². The van der Waals surface area contributed by atoms with Gasteiger partial charge in [0, 0.05) is 17.5 Å². The van der Waals surface area contributed by atoms with Crippen LogP contribution in [0, 0.1) is 0 Å². The van der Waals surface area contributed by atoms with Gasteiger partial charge in [-0.05, 0) is 36.1 Å². The average Bonchev–Trinajstić information content (AvgIpc) is 3.19. The predicted molar refractivity (Wildman–Crippen MR) is 95.1 cm³/mol. The lowest BCUT2D eigenvalue weighted by Gasteiger charge is -2.17. The fraction of sp³-hybridized carbons (Fsp3) is 0.350. The largest absolute Gasteiger partial charge is 0.492 e. The van der Waals surface area contributed by atoms with Gasteiger partial charge in [-0.1, -0.05) is 23.7 Å². The van der Waals surface area contributed by atoms with E-state index in [0.717, 1.165) is 11.6 Å². The number of fused-ring (bicyclic) bond motifs is 2. The molecule has 0 fully saturated rings. The molecule has 0 spiro atoms. The summed E-state index contributed by atoms with van der Waals surface area (Å²) in [5.74, 6) is 0.00353. The van der Waals surface area contributed by atoms with Crippen LogP contribution < -0.4 is 9.47 Å². The second kappa shape index (κ2) is 6.88. The van der Waals surface area contributed by atoms with Crippen LogP contribution >= 0.6 is 11.6 Å². The molecular weight excluding hydrogens is 397 g/mol. The number of ether oxygens (including phenoxy) is 2. The van der Waals surface area contributed by atoms with Crippen LogP contribution in [-0.2, 0) is 17.4 Å². The van der Waals surface area contributed by atoms with Crippen molar-refractivity contribution in [1.82, 2.24) is 0 Å². The molecule has 28 heavy (non-hydrogen) atoms. The lowest BCUT2D eigenvalue weighted by molar-refractivity contribution is -0.138. The van der Waals surface area contributed by atoms with Crippen LogP contribution in [-0.4, -0.2) is 17.7 Å². The third-order valence-electron chi connectivity index (χ3n) is 5.15. The number of alkyl halides is 3. The fourth-order valence-electron chi connectivity index (χ4n) is 3.84. The number of halogens is 4. The first-order chi connectivity index (χ1) is 13.2. The number of carboxylic acids is 1. The minimum absolute atomic E-state index is 0.0107. The van der Waals surface area contributed by atoms with Gasteiger partial charge in [0.1, 0.15) is 17.6 Å². The monoisotopic (exact) mass is 412 g/mol. The van der Waals surface area contributed by atoms with E-state index in [1.807, 2.05) is 0 Å². The van der Waals surface area contributed by atoms with Crippen molar-refractivity contribution in [2.24, 2.45) is 0 Å². The summed E-state index contributed by atoms with van der Waals surface area (Å²) in [6, 6.07) is 7.62. The zero-order chi connectivity index (χ0) is 20.1. The van der Waals surface area contributed by atoms with E-state index in [1.54, 1.807) is 18.2 Å². The molecule has 148 valence electrons. The Bertz CT molecular complexity index is 942. The third-order valence-corrected chi connectivity index (χ3v) is 5.58. The van der Waals surface area contributed by atoms with Gasteiger partial charge < -0.3 is 14.6 Å². The molecule has 4 rings (SSSR count). The maximum absolute atomic E-state index is 13.0. The average molecular weight is 413 g/mol.